The van der Waals surface area contributed by atoms with Gasteiger partial charge >= 0.3 is 18.1 Å². The first-order valence-corrected chi connectivity index (χ1v) is 8.12. The Morgan fingerprint density at radius 3 is 2.12 bits per heavy atom. The number of carbonyl (C=O) groups excluding carboxylic acids is 2. The van der Waals surface area contributed by atoms with E-state index < -0.39 is 23.7 Å². The lowest BCUT2D eigenvalue weighted by Gasteiger charge is -2.36. The summed E-state index contributed by atoms with van der Waals surface area (Å²) in [6.45, 7) is 5.66. The lowest BCUT2D eigenvalue weighted by Crippen LogP contribution is -2.52. The first-order valence-electron chi connectivity index (χ1n) is 8.12. The molecule has 9 heteroatoms. The Morgan fingerprint density at radius 2 is 1.65 bits per heavy atom. The number of amides is 1. The molecule has 2 N–H and O–H groups in total. The summed E-state index contributed by atoms with van der Waals surface area (Å²) in [5.41, 5.74) is 6.42. The maximum atomic E-state index is 12.5. The molecule has 1 aromatic rings. The van der Waals surface area contributed by atoms with Crippen molar-refractivity contribution in [3.05, 3.63) is 23.8 Å². The van der Waals surface area contributed by atoms with Gasteiger partial charge in [0.05, 0.1) is 5.56 Å². The number of benzene rings is 1. The van der Waals surface area contributed by atoms with Gasteiger partial charge in [-0.3, -0.25) is 4.79 Å². The van der Waals surface area contributed by atoms with Crippen LogP contribution in [-0.4, -0.2) is 54.7 Å². The summed E-state index contributed by atoms with van der Waals surface area (Å²) >= 11 is 0. The standard InChI is InChI=1S/C17H22F3N3O3/c1-16(2,3)26-14(24)12-5-4-11(10-13(12)21)22-6-8-23(9-7-22)15(25)17(18,19)20/h4-5,10H,6-9,21H2,1-3H3. The number of nitrogens with zero attached hydrogens (tertiary/aromatic N) is 2. The van der Waals surface area contributed by atoms with E-state index in [4.69, 9.17) is 10.5 Å². The summed E-state index contributed by atoms with van der Waals surface area (Å²) in [4.78, 5) is 26.0. The lowest BCUT2D eigenvalue weighted by molar-refractivity contribution is -0.185. The Morgan fingerprint density at radius 1 is 1.08 bits per heavy atom. The zero-order valence-electron chi connectivity index (χ0n) is 14.9. The van der Waals surface area contributed by atoms with E-state index in [2.05, 4.69) is 0 Å². The summed E-state index contributed by atoms with van der Waals surface area (Å²) in [5, 5.41) is 0. The molecule has 0 bridgehead atoms. The van der Waals surface area contributed by atoms with E-state index in [1.165, 1.54) is 6.07 Å². The second kappa shape index (κ2) is 7.05. The number of nitrogen functional groups attached to an aromatic ring is 1. The van der Waals surface area contributed by atoms with E-state index in [0.29, 0.717) is 5.69 Å². The van der Waals surface area contributed by atoms with E-state index in [9.17, 15) is 22.8 Å². The number of hydrogen-bond donors (Lipinski definition) is 1. The molecule has 144 valence electrons. The first-order chi connectivity index (χ1) is 11.9. The van der Waals surface area contributed by atoms with Gasteiger partial charge in [0.1, 0.15) is 5.60 Å². The van der Waals surface area contributed by atoms with Crippen LogP contribution in [0.3, 0.4) is 0 Å². The van der Waals surface area contributed by atoms with Gasteiger partial charge in [-0.2, -0.15) is 13.2 Å². The predicted molar refractivity (Wildman–Crippen MR) is 90.9 cm³/mol. The molecule has 1 aliphatic rings. The second-order valence-electron chi connectivity index (χ2n) is 7.05. The van der Waals surface area contributed by atoms with Crippen molar-refractivity contribution >= 4 is 23.3 Å². The molecule has 0 radical (unpaired) electrons. The molecular formula is C17H22F3N3O3. The van der Waals surface area contributed by atoms with Gasteiger partial charge in [0.25, 0.3) is 0 Å². The smallest absolute Gasteiger partial charge is 0.456 e. The molecule has 1 fully saturated rings. The highest BCUT2D eigenvalue weighted by Crippen LogP contribution is 2.26. The molecule has 0 atom stereocenters. The van der Waals surface area contributed by atoms with Crippen LogP contribution in [0.15, 0.2) is 18.2 Å². The van der Waals surface area contributed by atoms with Crippen LogP contribution >= 0.6 is 0 Å². The minimum absolute atomic E-state index is 0.0356. The number of carbonyl (C=O) groups is 2. The van der Waals surface area contributed by atoms with Crippen LogP contribution in [0.1, 0.15) is 31.1 Å². The van der Waals surface area contributed by atoms with Gasteiger partial charge in [0.15, 0.2) is 0 Å². The summed E-state index contributed by atoms with van der Waals surface area (Å²) in [5.74, 6) is -2.36. The van der Waals surface area contributed by atoms with Crippen LogP contribution < -0.4 is 10.6 Å². The van der Waals surface area contributed by atoms with Gasteiger partial charge in [0, 0.05) is 37.6 Å². The normalized spacial score (nSPS) is 15.8. The van der Waals surface area contributed by atoms with Crippen molar-refractivity contribution in [1.82, 2.24) is 4.90 Å². The van der Waals surface area contributed by atoms with E-state index in [-0.39, 0.29) is 37.4 Å². The summed E-state index contributed by atoms with van der Waals surface area (Å²) < 4.78 is 42.7. The average molecular weight is 373 g/mol. The van der Waals surface area contributed by atoms with Gasteiger partial charge in [-0.15, -0.1) is 0 Å². The number of anilines is 2. The van der Waals surface area contributed by atoms with Crippen LogP contribution in [0, 0.1) is 0 Å². The molecule has 6 nitrogen and oxygen atoms in total. The second-order valence-corrected chi connectivity index (χ2v) is 7.05. The highest BCUT2D eigenvalue weighted by molar-refractivity contribution is 5.96. The number of piperazine rings is 1. The van der Waals surface area contributed by atoms with Crippen LogP contribution in [0.25, 0.3) is 0 Å². The van der Waals surface area contributed by atoms with E-state index >= 15 is 0 Å². The number of esters is 1. The largest absolute Gasteiger partial charge is 0.471 e. The molecule has 0 spiro atoms. The quantitative estimate of drug-likeness (QED) is 0.637. The van der Waals surface area contributed by atoms with E-state index in [0.717, 1.165) is 4.90 Å². The summed E-state index contributed by atoms with van der Waals surface area (Å²) in [6, 6.07) is 4.78. The highest BCUT2D eigenvalue weighted by atomic mass is 19.4. The predicted octanol–water partition coefficient (Wildman–Crippen LogP) is 2.43. The molecular weight excluding hydrogens is 351 g/mol. The van der Waals surface area contributed by atoms with Crippen molar-refractivity contribution in [3.63, 3.8) is 0 Å². The van der Waals surface area contributed by atoms with Crippen molar-refractivity contribution in [2.24, 2.45) is 0 Å². The molecule has 0 saturated carbocycles. The first kappa shape index (κ1) is 19.9. The zero-order valence-corrected chi connectivity index (χ0v) is 14.9. The maximum Gasteiger partial charge on any atom is 0.471 e. The number of nitrogens with two attached hydrogens (primary N) is 1. The van der Waals surface area contributed by atoms with Crippen molar-refractivity contribution in [2.45, 2.75) is 32.5 Å². The molecule has 2 rings (SSSR count). The average Bonchev–Trinajstić information content (AvgIpc) is 2.51. The minimum atomic E-state index is -4.86. The Bertz CT molecular complexity index is 691. The van der Waals surface area contributed by atoms with Crippen LogP contribution in [-0.2, 0) is 9.53 Å². The van der Waals surface area contributed by atoms with Crippen molar-refractivity contribution in [3.8, 4) is 0 Å². The molecule has 0 unspecified atom stereocenters. The number of hydrogen-bond acceptors (Lipinski definition) is 5. The lowest BCUT2D eigenvalue weighted by atomic mass is 10.1. The third-order valence-electron chi connectivity index (χ3n) is 3.83. The van der Waals surface area contributed by atoms with Crippen LogP contribution in [0.4, 0.5) is 24.5 Å². The third kappa shape index (κ3) is 4.80. The molecule has 1 saturated heterocycles. The molecule has 26 heavy (non-hydrogen) atoms. The topological polar surface area (TPSA) is 75.9 Å². The van der Waals surface area contributed by atoms with Crippen LogP contribution in [0.2, 0.25) is 0 Å². The van der Waals surface area contributed by atoms with E-state index in [1.807, 2.05) is 4.90 Å². The number of alkyl halides is 3. The Kier molecular flexibility index (Phi) is 5.39. The van der Waals surface area contributed by atoms with Gasteiger partial charge in [-0.25, -0.2) is 4.79 Å². The third-order valence-corrected chi connectivity index (χ3v) is 3.83. The van der Waals surface area contributed by atoms with Crippen LogP contribution in [0.5, 0.6) is 0 Å². The van der Waals surface area contributed by atoms with Crippen molar-refractivity contribution in [2.75, 3.05) is 36.8 Å². The molecule has 1 aliphatic heterocycles. The van der Waals surface area contributed by atoms with E-state index in [1.54, 1.807) is 32.9 Å². The number of halogens is 3. The Balaban J connectivity index is 2.05. The van der Waals surface area contributed by atoms with Gasteiger partial charge < -0.3 is 20.3 Å². The summed E-state index contributed by atoms with van der Waals surface area (Å²) in [7, 11) is 0. The molecule has 0 aliphatic carbocycles. The fraction of sp³-hybridized carbons (Fsp3) is 0.529. The van der Waals surface area contributed by atoms with Crippen molar-refractivity contribution in [1.29, 1.82) is 0 Å². The zero-order chi connectivity index (χ0) is 19.7. The van der Waals surface area contributed by atoms with Crippen molar-refractivity contribution < 1.29 is 27.5 Å². The van der Waals surface area contributed by atoms with Gasteiger partial charge in [0.2, 0.25) is 0 Å². The fourth-order valence-electron chi connectivity index (χ4n) is 2.61. The SMILES string of the molecule is CC(C)(C)OC(=O)c1ccc(N2CCN(C(=O)C(F)(F)F)CC2)cc1N. The molecule has 1 amide bonds. The fourth-order valence-corrected chi connectivity index (χ4v) is 2.61. The molecule has 1 aromatic carbocycles. The molecule has 0 aromatic heterocycles. The maximum absolute atomic E-state index is 12.5. The minimum Gasteiger partial charge on any atom is -0.456 e. The Labute approximate surface area is 149 Å². The number of rotatable bonds is 2. The monoisotopic (exact) mass is 373 g/mol. The summed E-state index contributed by atoms with van der Waals surface area (Å²) in [6.07, 6.45) is -4.86. The number of ether oxygens (including phenoxy) is 1. The molecule has 1 heterocycles. The highest BCUT2D eigenvalue weighted by Gasteiger charge is 2.43. The van der Waals surface area contributed by atoms with Gasteiger partial charge in [-0.1, -0.05) is 0 Å². The Hall–Kier alpha value is -2.45. The van der Waals surface area contributed by atoms with Gasteiger partial charge in [-0.05, 0) is 39.0 Å².